The molecule has 4 rings (SSSR count). The number of alkyl halides is 3. The SMILES string of the molecule is Cl.N=C1CCCN1CC1=C(Cl)CNC(=O)C1.O=c1[nH]c(=O)n([C@H]2CC(O)[C@@H](CO)O2)cc1C(F)(F)F. The number of hydrogen-bond acceptors (Lipinski definition) is 7. The molecule has 1 unspecified atom stereocenters. The zero-order chi connectivity index (χ0) is 25.9. The number of aliphatic hydroxyl groups is 2. The lowest BCUT2D eigenvalue weighted by Crippen LogP contribution is -2.36. The number of rotatable bonds is 4. The van der Waals surface area contributed by atoms with Crippen LogP contribution >= 0.6 is 24.0 Å². The van der Waals surface area contributed by atoms with Crippen molar-refractivity contribution in [2.75, 3.05) is 26.2 Å². The topological polar surface area (TPSA) is 161 Å². The van der Waals surface area contributed by atoms with Crippen LogP contribution < -0.4 is 16.6 Å². The first kappa shape index (κ1) is 29.8. The van der Waals surface area contributed by atoms with Gasteiger partial charge in [-0.3, -0.25) is 24.5 Å². The van der Waals surface area contributed by atoms with Gasteiger partial charge in [0, 0.05) is 37.2 Å². The molecule has 2 fully saturated rings. The molecule has 3 aliphatic heterocycles. The zero-order valence-corrected chi connectivity index (χ0v) is 20.4. The minimum atomic E-state index is -4.92. The summed E-state index contributed by atoms with van der Waals surface area (Å²) in [5.74, 6) is 0.693. The summed E-state index contributed by atoms with van der Waals surface area (Å²) in [5, 5.41) is 29.5. The number of aromatic amines is 1. The van der Waals surface area contributed by atoms with Gasteiger partial charge in [-0.1, -0.05) is 11.6 Å². The number of ether oxygens (including phenoxy) is 1. The van der Waals surface area contributed by atoms with Gasteiger partial charge in [-0.05, 0) is 12.0 Å². The van der Waals surface area contributed by atoms with Gasteiger partial charge >= 0.3 is 11.9 Å². The Morgan fingerprint density at radius 3 is 2.53 bits per heavy atom. The number of nitrogens with one attached hydrogen (secondary N) is 3. The highest BCUT2D eigenvalue weighted by Crippen LogP contribution is 2.30. The van der Waals surface area contributed by atoms with Gasteiger partial charge in [-0.25, -0.2) is 4.79 Å². The van der Waals surface area contributed by atoms with Gasteiger partial charge in [0.2, 0.25) is 5.91 Å². The van der Waals surface area contributed by atoms with Crippen molar-refractivity contribution < 1.29 is 32.9 Å². The molecule has 0 aliphatic carbocycles. The van der Waals surface area contributed by atoms with E-state index >= 15 is 0 Å². The first-order valence-corrected chi connectivity index (χ1v) is 11.1. The molecule has 3 atom stereocenters. The van der Waals surface area contributed by atoms with Crippen LogP contribution in [-0.4, -0.2) is 74.9 Å². The van der Waals surface area contributed by atoms with Crippen LogP contribution in [0.1, 0.15) is 37.5 Å². The van der Waals surface area contributed by atoms with Crippen molar-refractivity contribution in [1.29, 1.82) is 5.41 Å². The fourth-order valence-electron chi connectivity index (χ4n) is 3.88. The van der Waals surface area contributed by atoms with Gasteiger partial charge in [0.1, 0.15) is 17.9 Å². The molecule has 5 N–H and O–H groups in total. The maximum atomic E-state index is 12.6. The fraction of sp³-hybridized carbons (Fsp3) is 0.600. The number of halogens is 5. The normalized spacial score (nSPS) is 24.3. The molecule has 202 valence electrons. The number of amidine groups is 1. The average molecular weight is 560 g/mol. The summed E-state index contributed by atoms with van der Waals surface area (Å²) in [6.45, 7) is 1.46. The lowest BCUT2D eigenvalue weighted by molar-refractivity contribution is -0.139. The Labute approximate surface area is 213 Å². The van der Waals surface area contributed by atoms with Crippen molar-refractivity contribution >= 4 is 35.8 Å². The predicted molar refractivity (Wildman–Crippen MR) is 124 cm³/mol. The van der Waals surface area contributed by atoms with E-state index in [0.717, 1.165) is 30.0 Å². The van der Waals surface area contributed by atoms with Crippen LogP contribution in [0.2, 0.25) is 0 Å². The minimum absolute atomic E-state index is 0. The first-order chi connectivity index (χ1) is 16.4. The monoisotopic (exact) mass is 559 g/mol. The summed E-state index contributed by atoms with van der Waals surface area (Å²) >= 11 is 6.04. The fourth-order valence-corrected chi connectivity index (χ4v) is 4.08. The Bertz CT molecular complexity index is 1120. The smallest absolute Gasteiger partial charge is 0.394 e. The number of aromatic nitrogens is 2. The lowest BCUT2D eigenvalue weighted by atomic mass is 10.1. The standard InChI is InChI=1S/C10H14ClN3O.C10H11F3N2O5.ClH/c11-8-5-13-10(15)4-7(8)6-14-3-1-2-9(14)12;11-10(12,13)4-2-15(9(19)14-8(4)18)7-1-5(17)6(3-16)20-7;/h12H,1-6H2,(H,13,15);2,5-7,16-17H,1,3H2,(H,14,18,19);1H/t;5?,6-,7-;/m.1./s1. The van der Waals surface area contributed by atoms with Gasteiger partial charge in [0.15, 0.2) is 0 Å². The third-order valence-corrected chi connectivity index (χ3v) is 6.17. The van der Waals surface area contributed by atoms with E-state index in [-0.39, 0.29) is 24.7 Å². The Morgan fingerprint density at radius 1 is 1.28 bits per heavy atom. The highest BCUT2D eigenvalue weighted by Gasteiger charge is 2.38. The Balaban J connectivity index is 0.000000256. The quantitative estimate of drug-likeness (QED) is 0.362. The van der Waals surface area contributed by atoms with Crippen LogP contribution in [-0.2, 0) is 15.7 Å². The van der Waals surface area contributed by atoms with E-state index in [2.05, 4.69) is 5.32 Å². The number of amides is 1. The highest BCUT2D eigenvalue weighted by atomic mass is 35.5. The summed E-state index contributed by atoms with van der Waals surface area (Å²) in [5.41, 5.74) is -3.20. The van der Waals surface area contributed by atoms with Crippen molar-refractivity contribution in [3.05, 3.63) is 43.2 Å². The summed E-state index contributed by atoms with van der Waals surface area (Å²) in [7, 11) is 0. The van der Waals surface area contributed by atoms with E-state index in [4.69, 9.17) is 26.9 Å². The second kappa shape index (κ2) is 12.2. The number of aliphatic hydroxyl groups excluding tert-OH is 2. The van der Waals surface area contributed by atoms with Crippen molar-refractivity contribution in [1.82, 2.24) is 19.8 Å². The maximum Gasteiger partial charge on any atom is 0.423 e. The molecule has 0 spiro atoms. The van der Waals surface area contributed by atoms with Gasteiger partial charge in [0.25, 0.3) is 5.56 Å². The number of nitrogens with zero attached hydrogens (tertiary/aromatic N) is 2. The average Bonchev–Trinajstić information content (AvgIpc) is 3.35. The molecule has 36 heavy (non-hydrogen) atoms. The van der Waals surface area contributed by atoms with Gasteiger partial charge in [0.05, 0.1) is 31.5 Å². The Kier molecular flexibility index (Phi) is 10.1. The maximum absolute atomic E-state index is 12.6. The number of carbonyl (C=O) groups excluding carboxylic acids is 1. The Hall–Kier alpha value is -2.39. The summed E-state index contributed by atoms with van der Waals surface area (Å²) in [6, 6.07) is 0. The molecule has 1 aromatic heterocycles. The van der Waals surface area contributed by atoms with Crippen LogP contribution in [0, 0.1) is 5.41 Å². The van der Waals surface area contributed by atoms with E-state index in [9.17, 15) is 32.7 Å². The molecule has 0 radical (unpaired) electrons. The van der Waals surface area contributed by atoms with Crippen LogP contribution in [0.15, 0.2) is 26.4 Å². The molecule has 1 aromatic rings. The van der Waals surface area contributed by atoms with Gasteiger partial charge in [-0.2, -0.15) is 13.2 Å². The largest absolute Gasteiger partial charge is 0.423 e. The number of likely N-dealkylation sites (tertiary alicyclic amines) is 1. The highest BCUT2D eigenvalue weighted by molar-refractivity contribution is 6.30. The molecule has 2 saturated heterocycles. The van der Waals surface area contributed by atoms with Crippen LogP contribution in [0.3, 0.4) is 0 Å². The van der Waals surface area contributed by atoms with Crippen molar-refractivity contribution in [3.8, 4) is 0 Å². The van der Waals surface area contributed by atoms with Gasteiger partial charge in [-0.15, -0.1) is 12.4 Å². The molecule has 16 heteroatoms. The second-order valence-electron chi connectivity index (χ2n) is 8.26. The predicted octanol–water partition coefficient (Wildman–Crippen LogP) is 0.690. The van der Waals surface area contributed by atoms with E-state index in [0.29, 0.717) is 36.1 Å². The van der Waals surface area contributed by atoms with Gasteiger partial charge < -0.3 is 25.2 Å². The second-order valence-corrected chi connectivity index (χ2v) is 8.71. The number of carbonyl (C=O) groups is 1. The zero-order valence-electron chi connectivity index (χ0n) is 18.8. The molecule has 11 nitrogen and oxygen atoms in total. The van der Waals surface area contributed by atoms with E-state index in [1.807, 2.05) is 4.90 Å². The van der Waals surface area contributed by atoms with Crippen LogP contribution in [0.5, 0.6) is 0 Å². The molecule has 0 aromatic carbocycles. The van der Waals surface area contributed by atoms with E-state index in [1.54, 1.807) is 4.98 Å². The van der Waals surface area contributed by atoms with Crippen LogP contribution in [0.4, 0.5) is 13.2 Å². The molecular weight excluding hydrogens is 534 g/mol. The van der Waals surface area contributed by atoms with E-state index < -0.39 is 48.0 Å². The third kappa shape index (κ3) is 7.09. The summed E-state index contributed by atoms with van der Waals surface area (Å²) in [6.07, 6.45) is -5.78. The summed E-state index contributed by atoms with van der Waals surface area (Å²) in [4.78, 5) is 37.4. The van der Waals surface area contributed by atoms with E-state index in [1.165, 1.54) is 0 Å². The molecule has 3 aliphatic rings. The van der Waals surface area contributed by atoms with Crippen molar-refractivity contribution in [3.63, 3.8) is 0 Å². The Morgan fingerprint density at radius 2 is 1.97 bits per heavy atom. The van der Waals surface area contributed by atoms with Crippen LogP contribution in [0.25, 0.3) is 0 Å². The summed E-state index contributed by atoms with van der Waals surface area (Å²) < 4.78 is 43.4. The molecular formula is C20H26Cl2F3N5O6. The van der Waals surface area contributed by atoms with Crippen molar-refractivity contribution in [2.45, 2.75) is 50.3 Å². The lowest BCUT2D eigenvalue weighted by Gasteiger charge is -2.23. The third-order valence-electron chi connectivity index (χ3n) is 5.77. The molecule has 0 bridgehead atoms. The number of hydrogen-bond donors (Lipinski definition) is 5. The molecule has 4 heterocycles. The molecule has 0 saturated carbocycles. The first-order valence-electron chi connectivity index (χ1n) is 10.7. The number of H-pyrrole nitrogens is 1. The minimum Gasteiger partial charge on any atom is -0.394 e. The van der Waals surface area contributed by atoms with Crippen molar-refractivity contribution in [2.24, 2.45) is 0 Å². The molecule has 1 amide bonds.